The van der Waals surface area contributed by atoms with E-state index in [1.165, 1.54) is 0 Å². The summed E-state index contributed by atoms with van der Waals surface area (Å²) in [7, 11) is 0. The Morgan fingerprint density at radius 1 is 0.839 bits per heavy atom. The number of carbonyl (C=O) groups is 2. The zero-order valence-corrected chi connectivity index (χ0v) is 17.9. The Morgan fingerprint density at radius 2 is 1.39 bits per heavy atom. The molecule has 1 fully saturated rings. The summed E-state index contributed by atoms with van der Waals surface area (Å²) in [5.41, 5.74) is 1.07. The molecule has 1 aliphatic rings. The van der Waals surface area contributed by atoms with Gasteiger partial charge in [-0.2, -0.15) is 0 Å². The predicted molar refractivity (Wildman–Crippen MR) is 118 cm³/mol. The molecule has 7 heteroatoms. The highest BCUT2D eigenvalue weighted by Gasteiger charge is 2.23. The molecule has 2 amide bonds. The van der Waals surface area contributed by atoms with Gasteiger partial charge >= 0.3 is 0 Å². The summed E-state index contributed by atoms with van der Waals surface area (Å²) >= 11 is 0. The molecule has 2 aromatic rings. The van der Waals surface area contributed by atoms with E-state index in [0.717, 1.165) is 30.6 Å². The molecule has 2 aromatic carbocycles. The third-order valence-corrected chi connectivity index (χ3v) is 4.64. The molecule has 1 saturated carbocycles. The lowest BCUT2D eigenvalue weighted by atomic mass is 10.1. The molecular formula is C24H30N2O5. The van der Waals surface area contributed by atoms with E-state index in [1.807, 2.05) is 36.4 Å². The molecule has 0 heterocycles. The quantitative estimate of drug-likeness (QED) is 0.514. The number of benzene rings is 2. The van der Waals surface area contributed by atoms with E-state index in [2.05, 4.69) is 17.6 Å². The average Bonchev–Trinajstić information content (AvgIpc) is 3.60. The Labute approximate surface area is 183 Å². The second kappa shape index (κ2) is 11.8. The van der Waals surface area contributed by atoms with Gasteiger partial charge in [0.1, 0.15) is 17.2 Å². The second-order valence-corrected chi connectivity index (χ2v) is 7.48. The molecule has 0 spiro atoms. The van der Waals surface area contributed by atoms with Gasteiger partial charge in [-0.05, 0) is 67.6 Å². The highest BCUT2D eigenvalue weighted by Crippen LogP contribution is 2.19. The fourth-order valence-electron chi connectivity index (χ4n) is 2.80. The number of hydrogen-bond donors (Lipinski definition) is 2. The minimum atomic E-state index is -0.173. The summed E-state index contributed by atoms with van der Waals surface area (Å²) in [5.74, 6) is 1.81. The molecule has 0 saturated heterocycles. The van der Waals surface area contributed by atoms with Crippen LogP contribution in [0.5, 0.6) is 17.2 Å². The Bertz CT molecular complexity index is 832. The largest absolute Gasteiger partial charge is 0.494 e. The van der Waals surface area contributed by atoms with Gasteiger partial charge in [0.05, 0.1) is 6.61 Å². The molecule has 1 aliphatic carbocycles. The SMILES string of the molecule is CCCOc1ccc(OCC(=O)NCCc2ccc(OCC(=O)NC3CC3)cc2)cc1. The highest BCUT2D eigenvalue weighted by molar-refractivity contribution is 5.78. The van der Waals surface area contributed by atoms with Crippen LogP contribution in [-0.2, 0) is 16.0 Å². The molecular weight excluding hydrogens is 396 g/mol. The van der Waals surface area contributed by atoms with E-state index >= 15 is 0 Å². The summed E-state index contributed by atoms with van der Waals surface area (Å²) < 4.78 is 16.5. The van der Waals surface area contributed by atoms with Crippen LogP contribution >= 0.6 is 0 Å². The number of amides is 2. The van der Waals surface area contributed by atoms with Gasteiger partial charge in [0.2, 0.25) is 0 Å². The molecule has 0 aliphatic heterocycles. The van der Waals surface area contributed by atoms with Crippen LogP contribution in [0.15, 0.2) is 48.5 Å². The van der Waals surface area contributed by atoms with Gasteiger partial charge in [0, 0.05) is 12.6 Å². The molecule has 0 atom stereocenters. The Kier molecular flexibility index (Phi) is 8.58. The van der Waals surface area contributed by atoms with Crippen LogP contribution in [0.1, 0.15) is 31.7 Å². The van der Waals surface area contributed by atoms with E-state index in [0.29, 0.717) is 37.1 Å². The topological polar surface area (TPSA) is 85.9 Å². The Hall–Kier alpha value is -3.22. The lowest BCUT2D eigenvalue weighted by molar-refractivity contribution is -0.123. The smallest absolute Gasteiger partial charge is 0.258 e. The number of carbonyl (C=O) groups excluding carboxylic acids is 2. The van der Waals surface area contributed by atoms with Gasteiger partial charge in [-0.1, -0.05) is 19.1 Å². The molecule has 2 N–H and O–H groups in total. The first-order valence-corrected chi connectivity index (χ1v) is 10.8. The third kappa shape index (κ3) is 8.58. The zero-order chi connectivity index (χ0) is 21.9. The van der Waals surface area contributed by atoms with Crippen LogP contribution < -0.4 is 24.8 Å². The van der Waals surface area contributed by atoms with Crippen molar-refractivity contribution in [2.45, 2.75) is 38.6 Å². The van der Waals surface area contributed by atoms with Gasteiger partial charge < -0.3 is 24.8 Å². The van der Waals surface area contributed by atoms with Crippen LogP contribution in [-0.4, -0.2) is 44.2 Å². The summed E-state index contributed by atoms with van der Waals surface area (Å²) in [5, 5.41) is 5.73. The fraction of sp³-hybridized carbons (Fsp3) is 0.417. The van der Waals surface area contributed by atoms with Crippen molar-refractivity contribution in [2.24, 2.45) is 0 Å². The Balaban J connectivity index is 1.29. The molecule has 0 bridgehead atoms. The van der Waals surface area contributed by atoms with Crippen LogP contribution in [0.4, 0.5) is 0 Å². The van der Waals surface area contributed by atoms with Crippen molar-refractivity contribution in [3.63, 3.8) is 0 Å². The van der Waals surface area contributed by atoms with E-state index < -0.39 is 0 Å². The first-order valence-electron chi connectivity index (χ1n) is 10.8. The molecule has 31 heavy (non-hydrogen) atoms. The molecule has 0 unspecified atom stereocenters. The summed E-state index contributed by atoms with van der Waals surface area (Å²) in [4.78, 5) is 23.6. The van der Waals surface area contributed by atoms with Crippen molar-refractivity contribution in [3.05, 3.63) is 54.1 Å². The number of hydrogen-bond acceptors (Lipinski definition) is 5. The maximum Gasteiger partial charge on any atom is 0.258 e. The standard InChI is InChI=1S/C24H30N2O5/c1-2-15-29-20-9-11-22(12-10-20)30-16-23(27)25-14-13-18-3-7-21(8-4-18)31-17-24(28)26-19-5-6-19/h3-4,7-12,19H,2,5-6,13-17H2,1H3,(H,25,27)(H,26,28). The van der Waals surface area contributed by atoms with E-state index in [-0.39, 0.29) is 25.0 Å². The van der Waals surface area contributed by atoms with Gasteiger partial charge in [-0.3, -0.25) is 9.59 Å². The lowest BCUT2D eigenvalue weighted by Crippen LogP contribution is -2.30. The second-order valence-electron chi connectivity index (χ2n) is 7.48. The van der Waals surface area contributed by atoms with Gasteiger partial charge in [-0.25, -0.2) is 0 Å². The van der Waals surface area contributed by atoms with Crippen molar-refractivity contribution in [2.75, 3.05) is 26.4 Å². The van der Waals surface area contributed by atoms with E-state index in [1.54, 1.807) is 12.1 Å². The van der Waals surface area contributed by atoms with Gasteiger partial charge in [0.15, 0.2) is 13.2 Å². The predicted octanol–water partition coefficient (Wildman–Crippen LogP) is 2.87. The monoisotopic (exact) mass is 426 g/mol. The van der Waals surface area contributed by atoms with Crippen molar-refractivity contribution in [3.8, 4) is 17.2 Å². The number of rotatable bonds is 13. The van der Waals surface area contributed by atoms with Gasteiger partial charge in [-0.15, -0.1) is 0 Å². The van der Waals surface area contributed by atoms with Crippen LogP contribution in [0, 0.1) is 0 Å². The molecule has 7 nitrogen and oxygen atoms in total. The zero-order valence-electron chi connectivity index (χ0n) is 17.9. The molecule has 0 radical (unpaired) electrons. The molecule has 3 rings (SSSR count). The first-order chi connectivity index (χ1) is 15.1. The molecule has 166 valence electrons. The van der Waals surface area contributed by atoms with Crippen LogP contribution in [0.2, 0.25) is 0 Å². The van der Waals surface area contributed by atoms with E-state index in [9.17, 15) is 9.59 Å². The Morgan fingerprint density at radius 3 is 1.97 bits per heavy atom. The van der Waals surface area contributed by atoms with Crippen molar-refractivity contribution in [1.29, 1.82) is 0 Å². The minimum absolute atomic E-state index is 0.0282. The minimum Gasteiger partial charge on any atom is -0.494 e. The van der Waals surface area contributed by atoms with Crippen LogP contribution in [0.3, 0.4) is 0 Å². The normalized spacial score (nSPS) is 12.7. The highest BCUT2D eigenvalue weighted by atomic mass is 16.5. The number of ether oxygens (including phenoxy) is 3. The van der Waals surface area contributed by atoms with Crippen molar-refractivity contribution < 1.29 is 23.8 Å². The fourth-order valence-corrected chi connectivity index (χ4v) is 2.80. The summed E-state index contributed by atoms with van der Waals surface area (Å²) in [6, 6.07) is 15.1. The van der Waals surface area contributed by atoms with Crippen LogP contribution in [0.25, 0.3) is 0 Å². The third-order valence-electron chi connectivity index (χ3n) is 4.64. The summed E-state index contributed by atoms with van der Waals surface area (Å²) in [6.45, 7) is 3.23. The average molecular weight is 427 g/mol. The van der Waals surface area contributed by atoms with Gasteiger partial charge in [0.25, 0.3) is 11.8 Å². The summed E-state index contributed by atoms with van der Waals surface area (Å²) in [6.07, 6.45) is 3.77. The van der Waals surface area contributed by atoms with Crippen molar-refractivity contribution >= 4 is 11.8 Å². The maximum absolute atomic E-state index is 12.0. The van der Waals surface area contributed by atoms with Crippen molar-refractivity contribution in [1.82, 2.24) is 10.6 Å². The number of nitrogens with one attached hydrogen (secondary N) is 2. The maximum atomic E-state index is 12.0. The first kappa shape index (κ1) is 22.5. The lowest BCUT2D eigenvalue weighted by Gasteiger charge is -2.09. The van der Waals surface area contributed by atoms with E-state index in [4.69, 9.17) is 14.2 Å². The molecule has 0 aromatic heterocycles.